The lowest BCUT2D eigenvalue weighted by Gasteiger charge is -2.37. The molecule has 1 N–H and O–H groups in total. The third-order valence-electron chi connectivity index (χ3n) is 4.65. The fourth-order valence-electron chi connectivity index (χ4n) is 3.45. The molecule has 0 spiro atoms. The van der Waals surface area contributed by atoms with Crippen molar-refractivity contribution in [2.75, 3.05) is 26.7 Å². The third kappa shape index (κ3) is 3.93. The van der Waals surface area contributed by atoms with Gasteiger partial charge in [0.15, 0.2) is 0 Å². The van der Waals surface area contributed by atoms with Gasteiger partial charge in [-0.2, -0.15) is 0 Å². The summed E-state index contributed by atoms with van der Waals surface area (Å²) < 4.78 is 0. The number of likely N-dealkylation sites (tertiary alicyclic amines) is 1. The molecule has 1 aliphatic heterocycles. The first-order chi connectivity index (χ1) is 9.08. The Morgan fingerprint density at radius 3 is 2.68 bits per heavy atom. The average Bonchev–Trinajstić information content (AvgIpc) is 2.39. The molecule has 0 aromatic rings. The highest BCUT2D eigenvalue weighted by atomic mass is 16.3. The van der Waals surface area contributed by atoms with E-state index in [4.69, 9.17) is 0 Å². The van der Waals surface area contributed by atoms with Crippen molar-refractivity contribution in [3.8, 4) is 0 Å². The number of carbonyl (C=O) groups excluding carboxylic acids is 1. The minimum atomic E-state index is -0.258. The number of nitrogens with zero attached hydrogens (tertiary/aromatic N) is 2. The van der Waals surface area contributed by atoms with Crippen LogP contribution in [-0.4, -0.2) is 59.6 Å². The van der Waals surface area contributed by atoms with Gasteiger partial charge in [0, 0.05) is 19.1 Å². The highest BCUT2D eigenvalue weighted by Gasteiger charge is 2.29. The highest BCUT2D eigenvalue weighted by Crippen LogP contribution is 2.22. The van der Waals surface area contributed by atoms with E-state index in [2.05, 4.69) is 11.8 Å². The summed E-state index contributed by atoms with van der Waals surface area (Å²) >= 11 is 0. The van der Waals surface area contributed by atoms with Crippen molar-refractivity contribution in [2.24, 2.45) is 5.92 Å². The van der Waals surface area contributed by atoms with Crippen LogP contribution in [0.5, 0.6) is 0 Å². The molecule has 0 aromatic carbocycles. The van der Waals surface area contributed by atoms with Crippen LogP contribution in [0.2, 0.25) is 0 Å². The Bertz CT molecular complexity index is 309. The van der Waals surface area contributed by atoms with E-state index in [9.17, 15) is 9.90 Å². The summed E-state index contributed by atoms with van der Waals surface area (Å²) in [6.07, 6.45) is 6.28. The van der Waals surface area contributed by atoms with E-state index in [0.717, 1.165) is 38.8 Å². The van der Waals surface area contributed by atoms with Gasteiger partial charge in [-0.3, -0.25) is 9.69 Å². The molecule has 3 atom stereocenters. The molecular formula is C15H28N2O2. The minimum Gasteiger partial charge on any atom is -0.391 e. The van der Waals surface area contributed by atoms with E-state index < -0.39 is 0 Å². The first-order valence-electron chi connectivity index (χ1n) is 7.74. The molecule has 2 aliphatic rings. The van der Waals surface area contributed by atoms with Crippen molar-refractivity contribution in [2.45, 2.75) is 57.6 Å². The van der Waals surface area contributed by atoms with Crippen LogP contribution >= 0.6 is 0 Å². The zero-order valence-corrected chi connectivity index (χ0v) is 12.3. The molecule has 1 saturated carbocycles. The third-order valence-corrected chi connectivity index (χ3v) is 4.65. The van der Waals surface area contributed by atoms with Gasteiger partial charge in [-0.05, 0) is 38.6 Å². The summed E-state index contributed by atoms with van der Waals surface area (Å²) in [5, 5.41) is 10.0. The molecule has 1 amide bonds. The number of amides is 1. The van der Waals surface area contributed by atoms with Crippen LogP contribution in [0, 0.1) is 5.92 Å². The molecule has 0 bridgehead atoms. The monoisotopic (exact) mass is 268 g/mol. The molecule has 0 radical (unpaired) electrons. The maximum atomic E-state index is 12.3. The summed E-state index contributed by atoms with van der Waals surface area (Å²) in [6, 6.07) is 0.167. The Morgan fingerprint density at radius 2 is 2.00 bits per heavy atom. The van der Waals surface area contributed by atoms with Crippen molar-refractivity contribution in [1.29, 1.82) is 0 Å². The molecule has 110 valence electrons. The Kier molecular flexibility index (Phi) is 5.22. The second-order valence-corrected chi connectivity index (χ2v) is 6.42. The number of rotatable bonds is 3. The molecule has 2 fully saturated rings. The van der Waals surface area contributed by atoms with Gasteiger partial charge in [-0.25, -0.2) is 0 Å². The maximum Gasteiger partial charge on any atom is 0.236 e. The molecule has 1 heterocycles. The standard InChI is InChI=1S/C15H28N2O2/c1-12-6-5-9-17(10-12)15(19)11-16(2)13-7-3-4-8-14(13)18/h12-14,18H,3-11H2,1-2H3. The van der Waals surface area contributed by atoms with E-state index in [1.807, 2.05) is 11.9 Å². The minimum absolute atomic E-state index is 0.167. The predicted octanol–water partition coefficient (Wildman–Crippen LogP) is 1.48. The smallest absolute Gasteiger partial charge is 0.236 e. The fourth-order valence-corrected chi connectivity index (χ4v) is 3.45. The highest BCUT2D eigenvalue weighted by molar-refractivity contribution is 5.78. The first kappa shape index (κ1) is 14.8. The van der Waals surface area contributed by atoms with Gasteiger partial charge >= 0.3 is 0 Å². The van der Waals surface area contributed by atoms with Crippen molar-refractivity contribution in [3.05, 3.63) is 0 Å². The fraction of sp³-hybridized carbons (Fsp3) is 0.933. The van der Waals surface area contributed by atoms with Gasteiger partial charge in [0.05, 0.1) is 12.6 Å². The van der Waals surface area contributed by atoms with Crippen LogP contribution in [0.3, 0.4) is 0 Å². The molecule has 19 heavy (non-hydrogen) atoms. The average molecular weight is 268 g/mol. The van der Waals surface area contributed by atoms with Gasteiger partial charge in [0.1, 0.15) is 0 Å². The topological polar surface area (TPSA) is 43.8 Å². The molecule has 1 aliphatic carbocycles. The number of hydrogen-bond donors (Lipinski definition) is 1. The zero-order valence-electron chi connectivity index (χ0n) is 12.3. The Labute approximate surface area is 116 Å². The molecule has 1 saturated heterocycles. The second-order valence-electron chi connectivity index (χ2n) is 6.42. The molecule has 4 heteroatoms. The number of carbonyl (C=O) groups is 1. The molecule has 4 nitrogen and oxygen atoms in total. The largest absolute Gasteiger partial charge is 0.391 e. The summed E-state index contributed by atoms with van der Waals surface area (Å²) in [6.45, 7) is 4.48. The summed E-state index contributed by atoms with van der Waals surface area (Å²) in [7, 11) is 1.98. The summed E-state index contributed by atoms with van der Waals surface area (Å²) in [5.74, 6) is 0.857. The lowest BCUT2D eigenvalue weighted by Crippen LogP contribution is -2.49. The lowest BCUT2D eigenvalue weighted by atomic mass is 9.91. The van der Waals surface area contributed by atoms with Gasteiger partial charge in [0.2, 0.25) is 5.91 Å². The number of hydrogen-bond acceptors (Lipinski definition) is 3. The van der Waals surface area contributed by atoms with Gasteiger partial charge < -0.3 is 10.0 Å². The number of aliphatic hydroxyl groups excluding tert-OH is 1. The van der Waals surface area contributed by atoms with Crippen molar-refractivity contribution in [3.63, 3.8) is 0 Å². The SMILES string of the molecule is CC1CCCN(C(=O)CN(C)C2CCCCC2O)C1. The van der Waals surface area contributed by atoms with Gasteiger partial charge in [0.25, 0.3) is 0 Å². The van der Waals surface area contributed by atoms with Crippen molar-refractivity contribution < 1.29 is 9.90 Å². The predicted molar refractivity (Wildman–Crippen MR) is 75.9 cm³/mol. The molecular weight excluding hydrogens is 240 g/mol. The quantitative estimate of drug-likeness (QED) is 0.843. The van der Waals surface area contributed by atoms with Crippen LogP contribution in [-0.2, 0) is 4.79 Å². The second kappa shape index (κ2) is 6.71. The maximum absolute atomic E-state index is 12.3. The zero-order chi connectivity index (χ0) is 13.8. The van der Waals surface area contributed by atoms with E-state index in [-0.39, 0.29) is 18.1 Å². The Balaban J connectivity index is 1.83. The molecule has 2 rings (SSSR count). The van der Waals surface area contributed by atoms with Crippen molar-refractivity contribution >= 4 is 5.91 Å². The number of aliphatic hydroxyl groups is 1. The van der Waals surface area contributed by atoms with Gasteiger partial charge in [-0.15, -0.1) is 0 Å². The van der Waals surface area contributed by atoms with Crippen LogP contribution in [0.1, 0.15) is 45.4 Å². The van der Waals surface area contributed by atoms with E-state index in [0.29, 0.717) is 12.5 Å². The normalized spacial score (nSPS) is 32.6. The summed E-state index contributed by atoms with van der Waals surface area (Å²) in [4.78, 5) is 16.4. The van der Waals surface area contributed by atoms with Crippen LogP contribution in [0.4, 0.5) is 0 Å². The number of likely N-dealkylation sites (N-methyl/N-ethyl adjacent to an activating group) is 1. The Hall–Kier alpha value is -0.610. The van der Waals surface area contributed by atoms with E-state index in [1.165, 1.54) is 12.8 Å². The van der Waals surface area contributed by atoms with Gasteiger partial charge in [-0.1, -0.05) is 19.8 Å². The van der Waals surface area contributed by atoms with E-state index >= 15 is 0 Å². The van der Waals surface area contributed by atoms with E-state index in [1.54, 1.807) is 0 Å². The first-order valence-corrected chi connectivity index (χ1v) is 7.74. The van der Waals surface area contributed by atoms with Crippen molar-refractivity contribution in [1.82, 2.24) is 9.80 Å². The molecule has 3 unspecified atom stereocenters. The Morgan fingerprint density at radius 1 is 1.26 bits per heavy atom. The molecule has 0 aromatic heterocycles. The lowest BCUT2D eigenvalue weighted by molar-refractivity contribution is -0.135. The van der Waals surface area contributed by atoms with Crippen LogP contribution in [0.25, 0.3) is 0 Å². The number of piperidine rings is 1. The van der Waals surface area contributed by atoms with Crippen LogP contribution < -0.4 is 0 Å². The summed E-state index contributed by atoms with van der Waals surface area (Å²) in [5.41, 5.74) is 0. The van der Waals surface area contributed by atoms with Crippen LogP contribution in [0.15, 0.2) is 0 Å².